The van der Waals surface area contributed by atoms with Crippen molar-refractivity contribution in [2.75, 3.05) is 0 Å². The molecule has 0 atom stereocenters. The summed E-state index contributed by atoms with van der Waals surface area (Å²) in [6.07, 6.45) is 7.23. The number of benzene rings is 1. The Bertz CT molecular complexity index is 1570. The fourth-order valence-corrected chi connectivity index (χ4v) is 4.86. The van der Waals surface area contributed by atoms with E-state index in [0.29, 0.717) is 0 Å². The SMILES string of the molecule is C=CN=C/C(=C\C)c1ccc2[nH]nc(-c3cc4c(-c5ccc(C(=C)C)s5)nccc4[nH]3)c2c1. The van der Waals surface area contributed by atoms with E-state index >= 15 is 0 Å². The van der Waals surface area contributed by atoms with Crippen molar-refractivity contribution in [2.45, 2.75) is 13.8 Å². The number of nitrogens with one attached hydrogen (secondary N) is 2. The largest absolute Gasteiger partial charge is 0.353 e. The summed E-state index contributed by atoms with van der Waals surface area (Å²) in [5, 5.41) is 9.90. The highest BCUT2D eigenvalue weighted by Gasteiger charge is 2.16. The number of H-pyrrole nitrogens is 2. The predicted molar refractivity (Wildman–Crippen MR) is 142 cm³/mol. The van der Waals surface area contributed by atoms with Gasteiger partial charge in [-0.2, -0.15) is 5.10 Å². The number of thiophene rings is 1. The molecule has 4 aromatic heterocycles. The van der Waals surface area contributed by atoms with Crippen LogP contribution >= 0.6 is 11.3 Å². The average Bonchev–Trinajstić information content (AvgIpc) is 3.56. The van der Waals surface area contributed by atoms with Crippen LogP contribution in [0.5, 0.6) is 0 Å². The van der Waals surface area contributed by atoms with Gasteiger partial charge >= 0.3 is 0 Å². The van der Waals surface area contributed by atoms with Gasteiger partial charge in [0.25, 0.3) is 0 Å². The maximum atomic E-state index is 4.69. The van der Waals surface area contributed by atoms with Crippen molar-refractivity contribution in [3.05, 3.63) is 84.5 Å². The molecule has 0 saturated carbocycles. The van der Waals surface area contributed by atoms with E-state index in [1.54, 1.807) is 11.3 Å². The zero-order valence-corrected chi connectivity index (χ0v) is 19.3. The number of hydrogen-bond donors (Lipinski definition) is 2. The Morgan fingerprint density at radius 2 is 1.91 bits per heavy atom. The van der Waals surface area contributed by atoms with E-state index in [1.807, 2.05) is 44.5 Å². The lowest BCUT2D eigenvalue weighted by molar-refractivity contribution is 1.12. The van der Waals surface area contributed by atoms with Gasteiger partial charge in [-0.15, -0.1) is 11.3 Å². The number of rotatable bonds is 6. The molecule has 33 heavy (non-hydrogen) atoms. The third-order valence-corrected chi connectivity index (χ3v) is 6.84. The number of aliphatic imine (C=N–C) groups is 1. The molecular formula is C27H23N5S. The number of aromatic amines is 2. The lowest BCUT2D eigenvalue weighted by Crippen LogP contribution is -1.86. The Labute approximate surface area is 195 Å². The Balaban J connectivity index is 1.63. The van der Waals surface area contributed by atoms with E-state index in [-0.39, 0.29) is 0 Å². The molecule has 0 aliphatic heterocycles. The van der Waals surface area contributed by atoms with Crippen molar-refractivity contribution in [1.82, 2.24) is 20.2 Å². The zero-order chi connectivity index (χ0) is 22.9. The molecule has 0 spiro atoms. The number of aromatic nitrogens is 4. The first-order valence-corrected chi connectivity index (χ1v) is 11.4. The van der Waals surface area contributed by atoms with E-state index in [9.17, 15) is 0 Å². The molecule has 0 radical (unpaired) electrons. The molecule has 162 valence electrons. The summed E-state index contributed by atoms with van der Waals surface area (Å²) >= 11 is 1.71. The minimum atomic E-state index is 0.874. The van der Waals surface area contributed by atoms with Crippen molar-refractivity contribution in [1.29, 1.82) is 0 Å². The molecule has 0 aliphatic carbocycles. The van der Waals surface area contributed by atoms with Crippen molar-refractivity contribution < 1.29 is 0 Å². The number of fused-ring (bicyclic) bond motifs is 2. The van der Waals surface area contributed by atoms with Gasteiger partial charge in [-0.05, 0) is 67.0 Å². The number of nitrogens with zero attached hydrogens (tertiary/aromatic N) is 3. The molecule has 5 nitrogen and oxygen atoms in total. The van der Waals surface area contributed by atoms with Crippen LogP contribution in [-0.2, 0) is 0 Å². The first-order chi connectivity index (χ1) is 16.1. The minimum absolute atomic E-state index is 0.874. The predicted octanol–water partition coefficient (Wildman–Crippen LogP) is 7.49. The fourth-order valence-electron chi connectivity index (χ4n) is 3.92. The van der Waals surface area contributed by atoms with Gasteiger partial charge in [-0.3, -0.25) is 15.1 Å². The van der Waals surface area contributed by atoms with Gasteiger partial charge in [0.05, 0.1) is 21.8 Å². The summed E-state index contributed by atoms with van der Waals surface area (Å²) in [6.45, 7) is 11.7. The Morgan fingerprint density at radius 1 is 1.06 bits per heavy atom. The first kappa shape index (κ1) is 20.8. The van der Waals surface area contributed by atoms with Crippen LogP contribution in [0, 0.1) is 0 Å². The first-order valence-electron chi connectivity index (χ1n) is 10.6. The summed E-state index contributed by atoms with van der Waals surface area (Å²) in [5.74, 6) is 0. The van der Waals surface area contributed by atoms with Crippen molar-refractivity contribution in [3.8, 4) is 22.0 Å². The Hall–Kier alpha value is -4.03. The molecular weight excluding hydrogens is 426 g/mol. The Morgan fingerprint density at radius 3 is 2.67 bits per heavy atom. The highest BCUT2D eigenvalue weighted by atomic mass is 32.1. The minimum Gasteiger partial charge on any atom is -0.353 e. The van der Waals surface area contributed by atoms with Gasteiger partial charge in [0.1, 0.15) is 5.69 Å². The normalized spacial score (nSPS) is 12.2. The smallest absolute Gasteiger partial charge is 0.116 e. The second-order valence-electron chi connectivity index (χ2n) is 7.79. The summed E-state index contributed by atoms with van der Waals surface area (Å²) < 4.78 is 0. The van der Waals surface area contributed by atoms with Crippen LogP contribution < -0.4 is 0 Å². The van der Waals surface area contributed by atoms with E-state index in [0.717, 1.165) is 60.5 Å². The molecule has 0 amide bonds. The van der Waals surface area contributed by atoms with E-state index in [2.05, 4.69) is 68.6 Å². The second kappa shape index (κ2) is 8.48. The van der Waals surface area contributed by atoms with Crippen LogP contribution in [-0.4, -0.2) is 26.4 Å². The molecule has 0 unspecified atom stereocenters. The highest BCUT2D eigenvalue weighted by molar-refractivity contribution is 7.16. The van der Waals surface area contributed by atoms with Gasteiger partial charge < -0.3 is 4.98 Å². The molecule has 1 aromatic carbocycles. The van der Waals surface area contributed by atoms with Gasteiger partial charge in [0.2, 0.25) is 0 Å². The van der Waals surface area contributed by atoms with Crippen molar-refractivity contribution >= 4 is 50.5 Å². The van der Waals surface area contributed by atoms with Gasteiger partial charge in [0.15, 0.2) is 0 Å². The quantitative estimate of drug-likeness (QED) is 0.264. The van der Waals surface area contributed by atoms with Gasteiger partial charge in [-0.25, -0.2) is 0 Å². The molecule has 0 bridgehead atoms. The van der Waals surface area contributed by atoms with Crippen LogP contribution in [0.1, 0.15) is 24.3 Å². The third kappa shape index (κ3) is 3.75. The maximum Gasteiger partial charge on any atom is 0.116 e. The van der Waals surface area contributed by atoms with Crippen LogP contribution in [0.4, 0.5) is 0 Å². The molecule has 5 aromatic rings. The topological polar surface area (TPSA) is 69.7 Å². The summed E-state index contributed by atoms with van der Waals surface area (Å²) in [4.78, 5) is 14.7. The summed E-state index contributed by atoms with van der Waals surface area (Å²) in [5.41, 5.74) is 7.95. The number of pyridine rings is 1. The van der Waals surface area contributed by atoms with Crippen molar-refractivity contribution in [3.63, 3.8) is 0 Å². The maximum absolute atomic E-state index is 4.69. The molecule has 4 heterocycles. The van der Waals surface area contributed by atoms with E-state index in [4.69, 9.17) is 0 Å². The van der Waals surface area contributed by atoms with Gasteiger partial charge in [0, 0.05) is 39.8 Å². The highest BCUT2D eigenvalue weighted by Crippen LogP contribution is 2.37. The average molecular weight is 450 g/mol. The lowest BCUT2D eigenvalue weighted by atomic mass is 10.0. The second-order valence-corrected chi connectivity index (χ2v) is 8.87. The molecule has 0 fully saturated rings. The van der Waals surface area contributed by atoms with E-state index < -0.39 is 0 Å². The monoisotopic (exact) mass is 449 g/mol. The van der Waals surface area contributed by atoms with E-state index in [1.165, 1.54) is 11.1 Å². The van der Waals surface area contributed by atoms with Crippen LogP contribution in [0.25, 0.3) is 54.9 Å². The molecule has 0 aliphatic rings. The lowest BCUT2D eigenvalue weighted by Gasteiger charge is -2.02. The molecule has 6 heteroatoms. The van der Waals surface area contributed by atoms with Crippen molar-refractivity contribution in [2.24, 2.45) is 4.99 Å². The third-order valence-electron chi connectivity index (χ3n) is 5.59. The molecule has 2 N–H and O–H groups in total. The number of hydrogen-bond acceptors (Lipinski definition) is 4. The van der Waals surface area contributed by atoms with Crippen LogP contribution in [0.3, 0.4) is 0 Å². The zero-order valence-electron chi connectivity index (χ0n) is 18.5. The molecule has 0 saturated heterocycles. The molecule has 5 rings (SSSR count). The number of allylic oxidation sites excluding steroid dienone is 3. The van der Waals surface area contributed by atoms with Gasteiger partial charge in [-0.1, -0.05) is 25.3 Å². The van der Waals surface area contributed by atoms with Crippen LogP contribution in [0.15, 0.2) is 79.1 Å². The fraction of sp³-hybridized carbons (Fsp3) is 0.0741. The Kier molecular flexibility index (Phi) is 5.36. The van der Waals surface area contributed by atoms with Crippen LogP contribution in [0.2, 0.25) is 0 Å². The standard InChI is InChI=1S/C27H23N5S/c1-5-17(15-28-6-2)18-7-8-22-19(13-18)26(32-31-22)23-14-20-21(30-23)11-12-29-27(20)25-10-9-24(33-25)16(3)4/h5-15,30H,2-3H2,1,4H3,(H,31,32)/b17-5+,28-15?. The summed E-state index contributed by atoms with van der Waals surface area (Å²) in [7, 11) is 0. The summed E-state index contributed by atoms with van der Waals surface area (Å²) in [6, 6.07) is 14.6.